The Labute approximate surface area is 97.7 Å². The third-order valence-corrected chi connectivity index (χ3v) is 1.72. The van der Waals surface area contributed by atoms with Gasteiger partial charge in [0.1, 0.15) is 18.8 Å². The van der Waals surface area contributed by atoms with Gasteiger partial charge in [-0.3, -0.25) is 5.32 Å². The van der Waals surface area contributed by atoms with Crippen LogP contribution in [0.5, 0.6) is 0 Å². The first-order valence-electron chi connectivity index (χ1n) is 4.87. The molecule has 0 fully saturated rings. The molecule has 1 heterocycles. The number of carbonyl (C=O) groups is 1. The fourth-order valence-corrected chi connectivity index (χ4v) is 1.15. The SMILES string of the molecule is Cn1ncc(NC(=O)OC(C)(C)C)c1[N+](=O)[O-]. The quantitative estimate of drug-likeness (QED) is 0.628. The summed E-state index contributed by atoms with van der Waals surface area (Å²) in [4.78, 5) is 21.5. The maximum Gasteiger partial charge on any atom is 0.412 e. The molecule has 0 saturated carbocycles. The van der Waals surface area contributed by atoms with E-state index in [0.717, 1.165) is 4.68 Å². The Hall–Kier alpha value is -2.12. The van der Waals surface area contributed by atoms with Crippen molar-refractivity contribution in [1.29, 1.82) is 0 Å². The van der Waals surface area contributed by atoms with Crippen molar-refractivity contribution < 1.29 is 14.5 Å². The highest BCUT2D eigenvalue weighted by Crippen LogP contribution is 2.23. The summed E-state index contributed by atoms with van der Waals surface area (Å²) in [6.45, 7) is 5.10. The van der Waals surface area contributed by atoms with Gasteiger partial charge >= 0.3 is 11.9 Å². The average molecular weight is 242 g/mol. The molecule has 1 N–H and O–H groups in total. The van der Waals surface area contributed by atoms with E-state index in [2.05, 4.69) is 10.4 Å². The minimum Gasteiger partial charge on any atom is -0.444 e. The van der Waals surface area contributed by atoms with Crippen LogP contribution in [0.15, 0.2) is 6.20 Å². The Balaban J connectivity index is 2.83. The third-order valence-electron chi connectivity index (χ3n) is 1.72. The lowest BCUT2D eigenvalue weighted by molar-refractivity contribution is -0.391. The number of amides is 1. The summed E-state index contributed by atoms with van der Waals surface area (Å²) in [7, 11) is 1.42. The zero-order valence-electron chi connectivity index (χ0n) is 10.1. The van der Waals surface area contributed by atoms with Crippen molar-refractivity contribution in [3.05, 3.63) is 16.3 Å². The molecule has 0 atom stereocenters. The summed E-state index contributed by atoms with van der Waals surface area (Å²) in [5.41, 5.74) is -0.659. The molecule has 17 heavy (non-hydrogen) atoms. The van der Waals surface area contributed by atoms with Gasteiger partial charge in [0, 0.05) is 0 Å². The Morgan fingerprint density at radius 3 is 2.65 bits per heavy atom. The first-order chi connectivity index (χ1) is 7.70. The highest BCUT2D eigenvalue weighted by atomic mass is 16.6. The highest BCUT2D eigenvalue weighted by molar-refractivity contribution is 5.87. The van der Waals surface area contributed by atoms with E-state index in [0.29, 0.717) is 0 Å². The number of carbonyl (C=O) groups excluding carboxylic acids is 1. The number of ether oxygens (including phenoxy) is 1. The average Bonchev–Trinajstić information content (AvgIpc) is 2.42. The Morgan fingerprint density at radius 2 is 2.18 bits per heavy atom. The molecule has 1 aromatic heterocycles. The number of aromatic nitrogens is 2. The van der Waals surface area contributed by atoms with E-state index in [1.807, 2.05) is 0 Å². The summed E-state index contributed by atoms with van der Waals surface area (Å²) >= 11 is 0. The van der Waals surface area contributed by atoms with Gasteiger partial charge in [0.25, 0.3) is 0 Å². The summed E-state index contributed by atoms with van der Waals surface area (Å²) in [6.07, 6.45) is 0.441. The molecule has 0 aliphatic heterocycles. The summed E-state index contributed by atoms with van der Waals surface area (Å²) in [6, 6.07) is 0. The van der Waals surface area contributed by atoms with E-state index < -0.39 is 16.6 Å². The van der Waals surface area contributed by atoms with E-state index in [9.17, 15) is 14.9 Å². The molecule has 1 amide bonds. The van der Waals surface area contributed by atoms with Crippen molar-refractivity contribution in [2.45, 2.75) is 26.4 Å². The molecular formula is C9H14N4O4. The Bertz CT molecular complexity index is 446. The monoisotopic (exact) mass is 242 g/mol. The van der Waals surface area contributed by atoms with Gasteiger partial charge in [-0.15, -0.1) is 4.68 Å². The van der Waals surface area contributed by atoms with Gasteiger partial charge in [0.2, 0.25) is 0 Å². The molecule has 94 valence electrons. The maximum atomic E-state index is 11.4. The first-order valence-corrected chi connectivity index (χ1v) is 4.87. The normalized spacial score (nSPS) is 11.1. The largest absolute Gasteiger partial charge is 0.444 e. The van der Waals surface area contributed by atoms with E-state index in [-0.39, 0.29) is 11.5 Å². The fourth-order valence-electron chi connectivity index (χ4n) is 1.15. The van der Waals surface area contributed by atoms with Crippen LogP contribution in [0, 0.1) is 10.1 Å². The van der Waals surface area contributed by atoms with E-state index >= 15 is 0 Å². The molecule has 0 aliphatic rings. The minimum atomic E-state index is -0.756. The van der Waals surface area contributed by atoms with Gasteiger partial charge < -0.3 is 14.9 Å². The Morgan fingerprint density at radius 1 is 1.59 bits per heavy atom. The Kier molecular flexibility index (Phi) is 3.35. The number of anilines is 1. The lowest BCUT2D eigenvalue weighted by Crippen LogP contribution is -2.27. The predicted molar refractivity (Wildman–Crippen MR) is 59.7 cm³/mol. The van der Waals surface area contributed by atoms with Gasteiger partial charge in [-0.25, -0.2) is 4.79 Å². The first kappa shape index (κ1) is 12.9. The van der Waals surface area contributed by atoms with Crippen molar-refractivity contribution in [2.75, 3.05) is 5.32 Å². The van der Waals surface area contributed by atoms with Crippen LogP contribution in [0.1, 0.15) is 20.8 Å². The number of hydrogen-bond donors (Lipinski definition) is 1. The maximum absolute atomic E-state index is 11.4. The van der Waals surface area contributed by atoms with Crippen molar-refractivity contribution in [3.63, 3.8) is 0 Å². The molecule has 0 radical (unpaired) electrons. The second-order valence-corrected chi connectivity index (χ2v) is 4.39. The van der Waals surface area contributed by atoms with Crippen molar-refractivity contribution in [2.24, 2.45) is 7.05 Å². The number of nitro groups is 1. The molecule has 0 aliphatic carbocycles. The van der Waals surface area contributed by atoms with E-state index in [1.54, 1.807) is 20.8 Å². The zero-order chi connectivity index (χ0) is 13.2. The highest BCUT2D eigenvalue weighted by Gasteiger charge is 2.23. The topological polar surface area (TPSA) is 99.3 Å². The van der Waals surface area contributed by atoms with E-state index in [4.69, 9.17) is 4.74 Å². The molecule has 0 spiro atoms. The molecule has 0 aromatic carbocycles. The van der Waals surface area contributed by atoms with Crippen LogP contribution in [0.3, 0.4) is 0 Å². The number of rotatable bonds is 2. The van der Waals surface area contributed by atoms with Gasteiger partial charge in [0.05, 0.1) is 0 Å². The molecule has 0 bridgehead atoms. The smallest absolute Gasteiger partial charge is 0.412 e. The molecule has 1 rings (SSSR count). The van der Waals surface area contributed by atoms with Crippen molar-refractivity contribution in [3.8, 4) is 0 Å². The van der Waals surface area contributed by atoms with Crippen LogP contribution in [0.25, 0.3) is 0 Å². The van der Waals surface area contributed by atoms with Gasteiger partial charge in [0.15, 0.2) is 5.69 Å². The van der Waals surface area contributed by atoms with Crippen LogP contribution < -0.4 is 5.32 Å². The number of nitrogens with zero attached hydrogens (tertiary/aromatic N) is 3. The van der Waals surface area contributed by atoms with Crippen LogP contribution in [0.2, 0.25) is 0 Å². The van der Waals surface area contributed by atoms with Crippen LogP contribution in [0.4, 0.5) is 16.3 Å². The van der Waals surface area contributed by atoms with Crippen LogP contribution in [-0.4, -0.2) is 26.4 Å². The predicted octanol–water partition coefficient (Wildman–Crippen LogP) is 1.68. The van der Waals surface area contributed by atoms with E-state index in [1.165, 1.54) is 13.2 Å². The standard InChI is InChI=1S/C9H14N4O4/c1-9(2,3)17-8(14)11-6-5-10-12(4)7(6)13(15)16/h5H,1-4H3,(H,11,14). The fraction of sp³-hybridized carbons (Fsp3) is 0.556. The second kappa shape index (κ2) is 4.40. The molecule has 1 aromatic rings. The number of hydrogen-bond acceptors (Lipinski definition) is 5. The lowest BCUT2D eigenvalue weighted by atomic mass is 10.2. The summed E-state index contributed by atoms with van der Waals surface area (Å²) in [5.74, 6) is -0.296. The van der Waals surface area contributed by atoms with Crippen LogP contribution >= 0.6 is 0 Å². The van der Waals surface area contributed by atoms with Gasteiger partial charge in [-0.05, 0) is 25.7 Å². The minimum absolute atomic E-state index is 0.00625. The van der Waals surface area contributed by atoms with Gasteiger partial charge in [-0.2, -0.15) is 0 Å². The zero-order valence-corrected chi connectivity index (χ0v) is 10.1. The molecule has 8 heteroatoms. The molecule has 0 unspecified atom stereocenters. The summed E-state index contributed by atoms with van der Waals surface area (Å²) < 4.78 is 6.04. The van der Waals surface area contributed by atoms with Gasteiger partial charge in [-0.1, -0.05) is 5.10 Å². The lowest BCUT2D eigenvalue weighted by Gasteiger charge is -2.19. The third kappa shape index (κ3) is 3.44. The number of nitrogens with one attached hydrogen (secondary N) is 1. The molecule has 0 saturated heterocycles. The van der Waals surface area contributed by atoms with Crippen molar-refractivity contribution in [1.82, 2.24) is 9.78 Å². The second-order valence-electron chi connectivity index (χ2n) is 4.39. The molecule has 8 nitrogen and oxygen atoms in total. The molecular weight excluding hydrogens is 228 g/mol. The van der Waals surface area contributed by atoms with Crippen LogP contribution in [-0.2, 0) is 11.8 Å². The number of aryl methyl sites for hydroxylation is 1. The summed E-state index contributed by atoms with van der Waals surface area (Å²) in [5, 5.41) is 16.7. The van der Waals surface area contributed by atoms with Crippen molar-refractivity contribution >= 4 is 17.6 Å².